The van der Waals surface area contributed by atoms with Gasteiger partial charge in [0.1, 0.15) is 12.4 Å². The van der Waals surface area contributed by atoms with Crippen LogP contribution in [0, 0.1) is 9.39 Å². The lowest BCUT2D eigenvalue weighted by atomic mass is 10.2. The SMILES string of the molecule is COc1cc(C=C2SC(=O)N(CC(=O)Nc3ccccc3F)C2=O)cc(I)c1OCC(=O)Nc1ccccc1. The summed E-state index contributed by atoms with van der Waals surface area (Å²) in [6, 6.07) is 17.8. The van der Waals surface area contributed by atoms with E-state index in [0.717, 1.165) is 4.90 Å². The van der Waals surface area contributed by atoms with E-state index in [1.54, 1.807) is 42.5 Å². The van der Waals surface area contributed by atoms with Crippen molar-refractivity contribution in [1.29, 1.82) is 0 Å². The van der Waals surface area contributed by atoms with E-state index >= 15 is 0 Å². The quantitative estimate of drug-likeness (QED) is 0.242. The first kappa shape index (κ1) is 28.1. The maximum Gasteiger partial charge on any atom is 0.294 e. The summed E-state index contributed by atoms with van der Waals surface area (Å²) in [6.45, 7) is -0.816. The van der Waals surface area contributed by atoms with Gasteiger partial charge in [0, 0.05) is 5.69 Å². The number of anilines is 2. The van der Waals surface area contributed by atoms with Crippen molar-refractivity contribution in [2.24, 2.45) is 0 Å². The molecule has 4 amide bonds. The van der Waals surface area contributed by atoms with E-state index in [2.05, 4.69) is 10.6 Å². The average molecular weight is 661 g/mol. The van der Waals surface area contributed by atoms with Crippen molar-refractivity contribution >= 4 is 74.8 Å². The molecule has 12 heteroatoms. The highest BCUT2D eigenvalue weighted by atomic mass is 127. The van der Waals surface area contributed by atoms with Crippen molar-refractivity contribution in [3.8, 4) is 11.5 Å². The zero-order valence-corrected chi connectivity index (χ0v) is 23.4. The monoisotopic (exact) mass is 661 g/mol. The molecule has 0 radical (unpaired) electrons. The molecule has 3 aromatic rings. The van der Waals surface area contributed by atoms with E-state index < -0.39 is 29.4 Å². The van der Waals surface area contributed by atoms with Gasteiger partial charge in [0.2, 0.25) is 5.91 Å². The summed E-state index contributed by atoms with van der Waals surface area (Å²) in [5.74, 6) is -1.68. The van der Waals surface area contributed by atoms with E-state index in [1.165, 1.54) is 31.4 Å². The summed E-state index contributed by atoms with van der Waals surface area (Å²) < 4.78 is 25.5. The topological polar surface area (TPSA) is 114 Å². The Morgan fingerprint density at radius 1 is 1.03 bits per heavy atom. The smallest absolute Gasteiger partial charge is 0.294 e. The van der Waals surface area contributed by atoms with Crippen LogP contribution in [0.2, 0.25) is 0 Å². The van der Waals surface area contributed by atoms with E-state index in [1.807, 2.05) is 28.7 Å². The minimum atomic E-state index is -0.710. The van der Waals surface area contributed by atoms with Crippen molar-refractivity contribution in [3.63, 3.8) is 0 Å². The third-order valence-corrected chi connectivity index (χ3v) is 6.99. The number of benzene rings is 3. The van der Waals surface area contributed by atoms with Crippen LogP contribution in [-0.2, 0) is 14.4 Å². The number of carbonyl (C=O) groups excluding carboxylic acids is 4. The fraction of sp³-hybridized carbons (Fsp3) is 0.111. The Bertz CT molecular complexity index is 1470. The molecule has 1 saturated heterocycles. The molecule has 4 rings (SSSR count). The highest BCUT2D eigenvalue weighted by molar-refractivity contribution is 14.1. The number of hydrogen-bond donors (Lipinski definition) is 2. The number of rotatable bonds is 9. The lowest BCUT2D eigenvalue weighted by Gasteiger charge is -2.14. The van der Waals surface area contributed by atoms with Crippen LogP contribution in [0.25, 0.3) is 6.08 Å². The molecule has 0 aliphatic carbocycles. The minimum absolute atomic E-state index is 0.0495. The third-order valence-electron chi connectivity index (χ3n) is 5.28. The molecule has 1 fully saturated rings. The molecule has 0 unspecified atom stereocenters. The lowest BCUT2D eigenvalue weighted by Crippen LogP contribution is -2.36. The predicted molar refractivity (Wildman–Crippen MR) is 154 cm³/mol. The summed E-state index contributed by atoms with van der Waals surface area (Å²) in [5, 5.41) is 4.46. The van der Waals surface area contributed by atoms with Gasteiger partial charge in [-0.2, -0.15) is 0 Å². The van der Waals surface area contributed by atoms with Gasteiger partial charge in [-0.15, -0.1) is 0 Å². The van der Waals surface area contributed by atoms with Crippen LogP contribution in [0.15, 0.2) is 71.6 Å². The number of amides is 4. The summed E-state index contributed by atoms with van der Waals surface area (Å²) in [6.07, 6.45) is 1.50. The van der Waals surface area contributed by atoms with E-state index in [0.29, 0.717) is 38.1 Å². The Morgan fingerprint density at radius 3 is 2.46 bits per heavy atom. The maximum absolute atomic E-state index is 13.8. The molecule has 3 aromatic carbocycles. The Morgan fingerprint density at radius 2 is 1.74 bits per heavy atom. The van der Waals surface area contributed by atoms with Gasteiger partial charge in [-0.3, -0.25) is 24.1 Å². The van der Waals surface area contributed by atoms with Crippen LogP contribution >= 0.6 is 34.4 Å². The molecule has 1 aliphatic rings. The summed E-state index contributed by atoms with van der Waals surface area (Å²) in [7, 11) is 1.44. The van der Waals surface area contributed by atoms with Crippen molar-refractivity contribution in [2.45, 2.75) is 0 Å². The van der Waals surface area contributed by atoms with E-state index in [4.69, 9.17) is 9.47 Å². The third kappa shape index (κ3) is 7.15. The number of nitrogens with zero attached hydrogens (tertiary/aromatic N) is 1. The number of nitrogens with one attached hydrogen (secondary N) is 2. The second-order valence-corrected chi connectivity index (χ2v) is 10.2. The zero-order chi connectivity index (χ0) is 27.9. The summed E-state index contributed by atoms with van der Waals surface area (Å²) >= 11 is 2.70. The molecule has 9 nitrogen and oxygen atoms in total. The Balaban J connectivity index is 1.43. The summed E-state index contributed by atoms with van der Waals surface area (Å²) in [5.41, 5.74) is 1.13. The molecule has 39 heavy (non-hydrogen) atoms. The number of carbonyl (C=O) groups is 4. The molecule has 0 spiro atoms. The Labute approximate surface area is 240 Å². The second kappa shape index (κ2) is 12.8. The molecular formula is C27H21FIN3O6S. The zero-order valence-electron chi connectivity index (χ0n) is 20.4. The number of ether oxygens (including phenoxy) is 2. The van der Waals surface area contributed by atoms with Crippen molar-refractivity contribution in [2.75, 3.05) is 30.9 Å². The fourth-order valence-corrected chi connectivity index (χ4v) is 5.12. The normalized spacial score (nSPS) is 13.9. The number of halogens is 2. The molecule has 0 bridgehead atoms. The van der Waals surface area contributed by atoms with E-state index in [9.17, 15) is 23.6 Å². The number of methoxy groups -OCH3 is 1. The number of thioether (sulfide) groups is 1. The van der Waals surface area contributed by atoms with Crippen molar-refractivity contribution in [3.05, 3.63) is 86.6 Å². The Hall–Kier alpha value is -3.91. The van der Waals surface area contributed by atoms with Crippen molar-refractivity contribution in [1.82, 2.24) is 4.90 Å². The van der Waals surface area contributed by atoms with Gasteiger partial charge >= 0.3 is 0 Å². The number of imide groups is 1. The van der Waals surface area contributed by atoms with Crippen LogP contribution in [0.1, 0.15) is 5.56 Å². The highest BCUT2D eigenvalue weighted by Crippen LogP contribution is 2.37. The van der Waals surface area contributed by atoms with Crippen LogP contribution in [0.3, 0.4) is 0 Å². The molecule has 200 valence electrons. The molecule has 1 aliphatic heterocycles. The first-order valence-corrected chi connectivity index (χ1v) is 13.3. The molecular weight excluding hydrogens is 640 g/mol. The molecule has 2 N–H and O–H groups in total. The largest absolute Gasteiger partial charge is 0.493 e. The fourth-order valence-electron chi connectivity index (χ4n) is 3.50. The molecule has 1 heterocycles. The number of para-hydroxylation sites is 2. The van der Waals surface area contributed by atoms with Gasteiger partial charge < -0.3 is 20.1 Å². The highest BCUT2D eigenvalue weighted by Gasteiger charge is 2.36. The molecule has 0 aromatic heterocycles. The average Bonchev–Trinajstić information content (AvgIpc) is 3.16. The van der Waals surface area contributed by atoms with Crippen LogP contribution in [-0.4, -0.2) is 48.1 Å². The van der Waals surface area contributed by atoms with Gasteiger partial charge in [0.15, 0.2) is 18.1 Å². The molecule has 0 atom stereocenters. The van der Waals surface area contributed by atoms with Crippen LogP contribution in [0.4, 0.5) is 20.6 Å². The minimum Gasteiger partial charge on any atom is -0.493 e. The Kier molecular flexibility index (Phi) is 9.19. The van der Waals surface area contributed by atoms with Gasteiger partial charge in [-0.1, -0.05) is 30.3 Å². The lowest BCUT2D eigenvalue weighted by molar-refractivity contribution is -0.127. The first-order chi connectivity index (χ1) is 18.7. The number of hydrogen-bond acceptors (Lipinski definition) is 7. The maximum atomic E-state index is 13.8. The first-order valence-electron chi connectivity index (χ1n) is 11.4. The standard InChI is InChI=1S/C27H21FIN3O6S/c1-37-21-12-16(11-19(29)25(21)38-15-24(34)30-17-7-3-2-4-8-17)13-22-26(35)32(27(36)39-22)14-23(33)31-20-10-6-5-9-18(20)28/h2-13H,14-15H2,1H3,(H,30,34)(H,31,33). The van der Waals surface area contributed by atoms with Crippen LogP contribution < -0.4 is 20.1 Å². The second-order valence-electron chi connectivity index (χ2n) is 8.03. The summed E-state index contributed by atoms with van der Waals surface area (Å²) in [4.78, 5) is 50.8. The van der Waals surface area contributed by atoms with Crippen LogP contribution in [0.5, 0.6) is 11.5 Å². The van der Waals surface area contributed by atoms with Gasteiger partial charge in [-0.05, 0) is 82.4 Å². The van der Waals surface area contributed by atoms with Gasteiger partial charge in [0.25, 0.3) is 17.1 Å². The van der Waals surface area contributed by atoms with Crippen molar-refractivity contribution < 1.29 is 33.0 Å². The predicted octanol–water partition coefficient (Wildman–Crippen LogP) is 5.13. The molecule has 0 saturated carbocycles. The van der Waals surface area contributed by atoms with Gasteiger partial charge in [-0.25, -0.2) is 4.39 Å². The van der Waals surface area contributed by atoms with E-state index in [-0.39, 0.29) is 23.1 Å². The van der Waals surface area contributed by atoms with Gasteiger partial charge in [0.05, 0.1) is 21.3 Å².